The molecule has 2 aliphatic heterocycles. The van der Waals surface area contributed by atoms with E-state index in [2.05, 4.69) is 13.8 Å². The van der Waals surface area contributed by atoms with Crippen molar-refractivity contribution in [3.63, 3.8) is 0 Å². The van der Waals surface area contributed by atoms with Crippen LogP contribution in [0.1, 0.15) is 78.1 Å². The summed E-state index contributed by atoms with van der Waals surface area (Å²) in [4.78, 5) is 23.9. The Balaban J connectivity index is 0.000000339. The summed E-state index contributed by atoms with van der Waals surface area (Å²) >= 11 is 0. The molecule has 9 heteroatoms. The summed E-state index contributed by atoms with van der Waals surface area (Å²) in [5.41, 5.74) is -0.501. The number of ether oxygens (including phenoxy) is 2. The molecule has 5 N–H and O–H groups in total. The molecule has 5 aliphatic rings. The average Bonchev–Trinajstić information content (AvgIpc) is 3.45. The number of carbonyl (C=O) groups is 2. The molecule has 0 bridgehead atoms. The van der Waals surface area contributed by atoms with Crippen LogP contribution in [0.4, 0.5) is 0 Å². The van der Waals surface area contributed by atoms with Gasteiger partial charge >= 0.3 is 5.97 Å². The molecule has 2 heterocycles. The quantitative estimate of drug-likeness (QED) is 0.266. The lowest BCUT2D eigenvalue weighted by Crippen LogP contribution is -2.59. The lowest BCUT2D eigenvalue weighted by Gasteiger charge is -2.58. The van der Waals surface area contributed by atoms with E-state index in [0.29, 0.717) is 45.5 Å². The predicted molar refractivity (Wildman–Crippen MR) is 140 cm³/mol. The van der Waals surface area contributed by atoms with Gasteiger partial charge in [-0.05, 0) is 74.7 Å². The molecule has 0 amide bonds. The first kappa shape index (κ1) is 31.2. The van der Waals surface area contributed by atoms with Gasteiger partial charge in [-0.3, -0.25) is 0 Å². The number of esters is 1. The molecule has 218 valence electrons. The van der Waals surface area contributed by atoms with Crippen LogP contribution >= 0.6 is 0 Å². The Morgan fingerprint density at radius 2 is 1.61 bits per heavy atom. The van der Waals surface area contributed by atoms with Crippen LogP contribution < -0.4 is 0 Å². The maximum Gasteiger partial charge on any atom is 0.331 e. The molecule has 7 unspecified atom stereocenters. The fourth-order valence-corrected chi connectivity index (χ4v) is 8.26. The molecule has 0 radical (unpaired) electrons. The predicted octanol–water partition coefficient (Wildman–Crippen LogP) is 1.91. The van der Waals surface area contributed by atoms with Gasteiger partial charge in [0.05, 0.1) is 37.1 Å². The molecule has 0 aromatic carbocycles. The van der Waals surface area contributed by atoms with Gasteiger partial charge in [0.1, 0.15) is 12.9 Å². The van der Waals surface area contributed by atoms with Gasteiger partial charge in [0.25, 0.3) is 0 Å². The number of hydrogen-bond acceptors (Lipinski definition) is 9. The lowest BCUT2D eigenvalue weighted by atomic mass is 9.48. The molecule has 4 fully saturated rings. The maximum atomic E-state index is 12.3. The van der Waals surface area contributed by atoms with Crippen LogP contribution in [0.3, 0.4) is 0 Å². The van der Waals surface area contributed by atoms with Gasteiger partial charge in [-0.15, -0.1) is 0 Å². The number of rotatable bonds is 4. The van der Waals surface area contributed by atoms with Gasteiger partial charge in [-0.1, -0.05) is 20.3 Å². The molecule has 3 saturated carbocycles. The SMILES string of the molecule is CCC1C(C2(C=O)CCC(O)CC2)CCC2(C)C(C3=CC(=O)OC3)CCC12O.CO.OC1COCC(O)C1. The van der Waals surface area contributed by atoms with Crippen LogP contribution in [-0.2, 0) is 19.1 Å². The van der Waals surface area contributed by atoms with E-state index in [9.17, 15) is 19.8 Å². The second-order valence-electron chi connectivity index (χ2n) is 12.1. The summed E-state index contributed by atoms with van der Waals surface area (Å²) in [6, 6.07) is 0. The normalized spacial score (nSPS) is 44.4. The second-order valence-corrected chi connectivity index (χ2v) is 12.1. The molecule has 1 saturated heterocycles. The van der Waals surface area contributed by atoms with Crippen LogP contribution in [0, 0.1) is 28.6 Å². The Hall–Kier alpha value is -1.36. The number of aliphatic hydroxyl groups is 5. The minimum Gasteiger partial charge on any atom is -0.458 e. The fourth-order valence-electron chi connectivity index (χ4n) is 8.26. The monoisotopic (exact) mass is 540 g/mol. The van der Waals surface area contributed by atoms with Gasteiger partial charge < -0.3 is 39.8 Å². The van der Waals surface area contributed by atoms with Crippen molar-refractivity contribution in [2.75, 3.05) is 26.9 Å². The van der Waals surface area contributed by atoms with Gasteiger partial charge in [0, 0.05) is 30.4 Å². The van der Waals surface area contributed by atoms with E-state index in [-0.39, 0.29) is 35.2 Å². The van der Waals surface area contributed by atoms with E-state index in [1.165, 1.54) is 0 Å². The largest absolute Gasteiger partial charge is 0.458 e. The highest BCUT2D eigenvalue weighted by atomic mass is 16.5. The molecule has 0 aromatic rings. The van der Waals surface area contributed by atoms with E-state index < -0.39 is 23.2 Å². The fraction of sp³-hybridized carbons (Fsp3) is 0.862. The highest BCUT2D eigenvalue weighted by Crippen LogP contribution is 2.66. The standard InChI is InChI=1S/C23H34O5.C5H10O3.CH4O/c1-3-17-19(22(14-24)9-4-16(25)5-10-22)6-8-21(2)18(7-11-23(17,21)27)15-12-20(26)28-13-15;6-4-1-5(7)3-8-2-4;1-2/h12,14,16-19,25,27H,3-11,13H2,1-2H3;4-7H,1-3H2;2H,1H3. The van der Waals surface area contributed by atoms with Crippen LogP contribution in [0.25, 0.3) is 0 Å². The zero-order valence-corrected chi connectivity index (χ0v) is 23.2. The summed E-state index contributed by atoms with van der Waals surface area (Å²) < 4.78 is 9.96. The first-order chi connectivity index (χ1) is 18.1. The van der Waals surface area contributed by atoms with Crippen molar-refractivity contribution >= 4 is 12.3 Å². The minimum absolute atomic E-state index is 0.0651. The average molecular weight is 541 g/mol. The first-order valence-electron chi connectivity index (χ1n) is 14.2. The molecule has 5 rings (SSSR count). The van der Waals surface area contributed by atoms with Crippen LogP contribution in [0.15, 0.2) is 11.6 Å². The van der Waals surface area contributed by atoms with Crippen molar-refractivity contribution < 1.29 is 44.6 Å². The Morgan fingerprint density at radius 3 is 2.08 bits per heavy atom. The number of aldehydes is 1. The summed E-state index contributed by atoms with van der Waals surface area (Å²) in [7, 11) is 1.00. The highest BCUT2D eigenvalue weighted by molar-refractivity contribution is 5.85. The third-order valence-corrected chi connectivity index (χ3v) is 10.2. The summed E-state index contributed by atoms with van der Waals surface area (Å²) in [6.07, 6.45) is 9.03. The highest BCUT2D eigenvalue weighted by Gasteiger charge is 2.66. The van der Waals surface area contributed by atoms with E-state index in [1.807, 2.05) is 0 Å². The maximum absolute atomic E-state index is 12.3. The summed E-state index contributed by atoms with van der Waals surface area (Å²) in [5.74, 6) is 0.125. The number of fused-ring (bicyclic) bond motifs is 1. The molecule has 0 spiro atoms. The number of hydrogen-bond donors (Lipinski definition) is 5. The van der Waals surface area contributed by atoms with Crippen molar-refractivity contribution in [2.45, 2.75) is 102 Å². The van der Waals surface area contributed by atoms with E-state index in [1.54, 1.807) is 6.08 Å². The Morgan fingerprint density at radius 1 is 0.974 bits per heavy atom. The topological polar surface area (TPSA) is 154 Å². The third-order valence-electron chi connectivity index (χ3n) is 10.2. The molecule has 3 aliphatic carbocycles. The van der Waals surface area contributed by atoms with E-state index in [4.69, 9.17) is 24.8 Å². The Kier molecular flexibility index (Phi) is 10.6. The minimum atomic E-state index is -0.826. The Bertz CT molecular complexity index is 828. The smallest absolute Gasteiger partial charge is 0.331 e. The van der Waals surface area contributed by atoms with Crippen molar-refractivity contribution in [1.82, 2.24) is 0 Å². The van der Waals surface area contributed by atoms with Gasteiger partial charge in [-0.25, -0.2) is 4.79 Å². The first-order valence-corrected chi connectivity index (χ1v) is 14.2. The molecule has 9 nitrogen and oxygen atoms in total. The third kappa shape index (κ3) is 5.88. The van der Waals surface area contributed by atoms with Crippen molar-refractivity contribution in [2.24, 2.45) is 28.6 Å². The van der Waals surface area contributed by atoms with Crippen LogP contribution in [0.2, 0.25) is 0 Å². The van der Waals surface area contributed by atoms with E-state index >= 15 is 0 Å². The second kappa shape index (κ2) is 12.9. The zero-order chi connectivity index (χ0) is 28.1. The van der Waals surface area contributed by atoms with Gasteiger partial charge in [0.2, 0.25) is 0 Å². The van der Waals surface area contributed by atoms with Crippen molar-refractivity contribution in [3.8, 4) is 0 Å². The summed E-state index contributed by atoms with van der Waals surface area (Å²) in [6.45, 7) is 5.41. The number of cyclic esters (lactones) is 1. The van der Waals surface area contributed by atoms with Gasteiger partial charge in [0.15, 0.2) is 0 Å². The number of carbonyl (C=O) groups excluding carboxylic acids is 2. The Labute approximate surface area is 226 Å². The van der Waals surface area contributed by atoms with Crippen molar-refractivity contribution in [3.05, 3.63) is 11.6 Å². The van der Waals surface area contributed by atoms with Crippen molar-refractivity contribution in [1.29, 1.82) is 0 Å². The zero-order valence-electron chi connectivity index (χ0n) is 23.2. The van der Waals surface area contributed by atoms with Crippen LogP contribution in [0.5, 0.6) is 0 Å². The molecular weight excluding hydrogens is 492 g/mol. The van der Waals surface area contributed by atoms with E-state index in [0.717, 1.165) is 57.5 Å². The lowest BCUT2D eigenvalue weighted by molar-refractivity contribution is -0.182. The molecular formula is C29H48O9. The molecule has 0 aromatic heterocycles. The molecule has 7 atom stereocenters. The summed E-state index contributed by atoms with van der Waals surface area (Å²) in [5, 5.41) is 46.6. The van der Waals surface area contributed by atoms with Gasteiger partial charge in [-0.2, -0.15) is 0 Å². The van der Waals surface area contributed by atoms with Crippen LogP contribution in [-0.4, -0.2) is 88.6 Å². The molecule has 38 heavy (non-hydrogen) atoms. The number of aliphatic hydroxyl groups excluding tert-OH is 4.